The van der Waals surface area contributed by atoms with E-state index in [2.05, 4.69) is 15.1 Å². The smallest absolute Gasteiger partial charge is 0.265 e. The molecule has 2 aromatic heterocycles. The molecule has 1 aliphatic heterocycles. The first-order chi connectivity index (χ1) is 11.6. The summed E-state index contributed by atoms with van der Waals surface area (Å²) in [5.41, 5.74) is 1.90. The molecular formula is C17H23N5O2. The van der Waals surface area contributed by atoms with Crippen molar-refractivity contribution in [3.05, 3.63) is 29.4 Å². The molecule has 3 heterocycles. The molecule has 1 atom stereocenters. The molecular weight excluding hydrogens is 306 g/mol. The predicted molar refractivity (Wildman–Crippen MR) is 89.0 cm³/mol. The van der Waals surface area contributed by atoms with Crippen LogP contribution in [0, 0.1) is 0 Å². The Morgan fingerprint density at radius 2 is 2.17 bits per heavy atom. The third-order valence-electron chi connectivity index (χ3n) is 5.15. The van der Waals surface area contributed by atoms with E-state index in [1.807, 2.05) is 31.3 Å². The highest BCUT2D eigenvalue weighted by Gasteiger charge is 2.36. The maximum atomic E-state index is 13.1. The number of amides is 1. The third-order valence-corrected chi connectivity index (χ3v) is 5.15. The van der Waals surface area contributed by atoms with Crippen LogP contribution < -0.4 is 4.90 Å². The molecule has 0 spiro atoms. The van der Waals surface area contributed by atoms with Gasteiger partial charge in [-0.05, 0) is 42.8 Å². The number of H-pyrrole nitrogens is 1. The van der Waals surface area contributed by atoms with E-state index in [9.17, 15) is 4.79 Å². The zero-order chi connectivity index (χ0) is 16.7. The largest absolute Gasteiger partial charge is 0.364 e. The van der Waals surface area contributed by atoms with Crippen molar-refractivity contribution in [2.24, 2.45) is 0 Å². The highest BCUT2D eigenvalue weighted by Crippen LogP contribution is 2.39. The van der Waals surface area contributed by atoms with Crippen molar-refractivity contribution in [1.82, 2.24) is 20.0 Å². The number of hydrogen-bond donors (Lipinski definition) is 1. The fraction of sp³-hybridized carbons (Fsp3) is 0.588. The van der Waals surface area contributed by atoms with Crippen LogP contribution in [0.1, 0.15) is 66.0 Å². The van der Waals surface area contributed by atoms with Gasteiger partial charge in [0.25, 0.3) is 17.7 Å². The van der Waals surface area contributed by atoms with Crippen LogP contribution in [0.3, 0.4) is 0 Å². The zero-order valence-electron chi connectivity index (χ0n) is 14.2. The van der Waals surface area contributed by atoms with Gasteiger partial charge in [0.15, 0.2) is 0 Å². The van der Waals surface area contributed by atoms with E-state index in [0.29, 0.717) is 17.8 Å². The van der Waals surface area contributed by atoms with Crippen LogP contribution in [0.2, 0.25) is 0 Å². The van der Waals surface area contributed by atoms with E-state index in [0.717, 1.165) is 30.6 Å². The lowest BCUT2D eigenvalue weighted by Crippen LogP contribution is -2.31. The molecule has 1 unspecified atom stereocenters. The number of aromatic nitrogens is 3. The van der Waals surface area contributed by atoms with Crippen molar-refractivity contribution in [2.45, 2.75) is 44.1 Å². The zero-order valence-corrected chi connectivity index (χ0v) is 14.2. The van der Waals surface area contributed by atoms with Gasteiger partial charge in [-0.3, -0.25) is 4.79 Å². The first kappa shape index (κ1) is 15.2. The normalized spacial score (nSPS) is 21.1. The van der Waals surface area contributed by atoms with E-state index < -0.39 is 0 Å². The highest BCUT2D eigenvalue weighted by molar-refractivity contribution is 5.96. The molecule has 2 aromatic rings. The average Bonchev–Trinajstić information content (AvgIpc) is 3.24. The molecule has 1 saturated heterocycles. The van der Waals surface area contributed by atoms with E-state index in [1.165, 1.54) is 19.3 Å². The molecule has 7 heteroatoms. The molecule has 1 aliphatic carbocycles. The summed E-state index contributed by atoms with van der Waals surface area (Å²) >= 11 is 0. The number of anilines is 1. The lowest BCUT2D eigenvalue weighted by Gasteiger charge is -2.27. The Kier molecular flexibility index (Phi) is 3.78. The summed E-state index contributed by atoms with van der Waals surface area (Å²) in [6, 6.07) is 1.78. The molecule has 1 amide bonds. The minimum absolute atomic E-state index is 0.0743. The van der Waals surface area contributed by atoms with Crippen molar-refractivity contribution >= 4 is 11.9 Å². The Morgan fingerprint density at radius 1 is 1.33 bits per heavy atom. The SMILES string of the molecule is CN(C)c1noc(C2CCCN2C(=O)c2cc[nH]c2C2CCC2)n1. The number of carbonyl (C=O) groups excluding carboxylic acids is 1. The maximum Gasteiger partial charge on any atom is 0.265 e. The fourth-order valence-electron chi connectivity index (χ4n) is 3.57. The molecule has 128 valence electrons. The number of aromatic amines is 1. The Balaban J connectivity index is 1.58. The summed E-state index contributed by atoms with van der Waals surface area (Å²) in [5.74, 6) is 1.65. The van der Waals surface area contributed by atoms with Crippen LogP contribution in [0.25, 0.3) is 0 Å². The number of carbonyl (C=O) groups is 1. The summed E-state index contributed by atoms with van der Waals surface area (Å²) in [4.78, 5) is 24.5. The molecule has 0 radical (unpaired) electrons. The van der Waals surface area contributed by atoms with E-state index in [1.54, 1.807) is 4.90 Å². The van der Waals surface area contributed by atoms with Crippen LogP contribution in [-0.4, -0.2) is 46.6 Å². The second-order valence-electron chi connectivity index (χ2n) is 6.92. The van der Waals surface area contributed by atoms with Gasteiger partial charge in [0.2, 0.25) is 0 Å². The van der Waals surface area contributed by atoms with Gasteiger partial charge in [0.05, 0.1) is 5.56 Å². The minimum Gasteiger partial charge on any atom is -0.364 e. The Hall–Kier alpha value is -2.31. The lowest BCUT2D eigenvalue weighted by atomic mass is 9.81. The van der Waals surface area contributed by atoms with Gasteiger partial charge >= 0.3 is 0 Å². The average molecular weight is 329 g/mol. The van der Waals surface area contributed by atoms with Crippen LogP contribution in [0.15, 0.2) is 16.8 Å². The summed E-state index contributed by atoms with van der Waals surface area (Å²) in [7, 11) is 3.74. The van der Waals surface area contributed by atoms with Crippen LogP contribution in [0.4, 0.5) is 5.95 Å². The number of likely N-dealkylation sites (tertiary alicyclic amines) is 1. The first-order valence-electron chi connectivity index (χ1n) is 8.64. The standard InChI is InChI=1S/C17H23N5O2/c1-21(2)17-19-15(24-20-17)13-7-4-10-22(13)16(23)12-8-9-18-14(12)11-5-3-6-11/h8-9,11,13,18H,3-7,10H2,1-2H3. The Labute approximate surface area is 141 Å². The van der Waals surface area contributed by atoms with Crippen LogP contribution in [-0.2, 0) is 0 Å². The maximum absolute atomic E-state index is 13.1. The van der Waals surface area contributed by atoms with Gasteiger partial charge in [-0.1, -0.05) is 6.42 Å². The third kappa shape index (κ3) is 2.48. The van der Waals surface area contributed by atoms with E-state index >= 15 is 0 Å². The molecule has 1 N–H and O–H groups in total. The van der Waals surface area contributed by atoms with Crippen molar-refractivity contribution in [2.75, 3.05) is 25.5 Å². The molecule has 0 bridgehead atoms. The molecule has 2 aliphatic rings. The molecule has 1 saturated carbocycles. The van der Waals surface area contributed by atoms with Crippen molar-refractivity contribution in [3.8, 4) is 0 Å². The van der Waals surface area contributed by atoms with Crippen LogP contribution in [0.5, 0.6) is 0 Å². The van der Waals surface area contributed by atoms with Gasteiger partial charge in [0.1, 0.15) is 6.04 Å². The Bertz CT molecular complexity index is 731. The molecule has 7 nitrogen and oxygen atoms in total. The number of nitrogens with one attached hydrogen (secondary N) is 1. The van der Waals surface area contributed by atoms with Gasteiger partial charge in [-0.15, -0.1) is 0 Å². The second kappa shape index (κ2) is 5.96. The summed E-state index contributed by atoms with van der Waals surface area (Å²) in [6.45, 7) is 0.735. The lowest BCUT2D eigenvalue weighted by molar-refractivity contribution is 0.0708. The Morgan fingerprint density at radius 3 is 2.83 bits per heavy atom. The number of nitrogens with zero attached hydrogens (tertiary/aromatic N) is 4. The van der Waals surface area contributed by atoms with Gasteiger partial charge in [-0.2, -0.15) is 4.98 Å². The first-order valence-corrected chi connectivity index (χ1v) is 8.64. The monoisotopic (exact) mass is 329 g/mol. The molecule has 4 rings (SSSR count). The fourth-order valence-corrected chi connectivity index (χ4v) is 3.57. The van der Waals surface area contributed by atoms with Crippen molar-refractivity contribution in [1.29, 1.82) is 0 Å². The molecule has 2 fully saturated rings. The quantitative estimate of drug-likeness (QED) is 0.933. The van der Waals surface area contributed by atoms with Crippen LogP contribution >= 0.6 is 0 Å². The second-order valence-corrected chi connectivity index (χ2v) is 6.92. The number of rotatable bonds is 4. The summed E-state index contributed by atoms with van der Waals surface area (Å²) in [5, 5.41) is 3.98. The molecule has 0 aromatic carbocycles. The topological polar surface area (TPSA) is 78.3 Å². The molecule has 24 heavy (non-hydrogen) atoms. The summed E-state index contributed by atoms with van der Waals surface area (Å²) < 4.78 is 5.41. The summed E-state index contributed by atoms with van der Waals surface area (Å²) in [6.07, 6.45) is 7.28. The van der Waals surface area contributed by atoms with Gasteiger partial charge in [-0.25, -0.2) is 0 Å². The predicted octanol–water partition coefficient (Wildman–Crippen LogP) is 2.71. The van der Waals surface area contributed by atoms with Crippen molar-refractivity contribution < 1.29 is 9.32 Å². The minimum atomic E-state index is -0.122. The highest BCUT2D eigenvalue weighted by atomic mass is 16.5. The number of hydrogen-bond acceptors (Lipinski definition) is 5. The van der Waals surface area contributed by atoms with E-state index in [-0.39, 0.29) is 11.9 Å². The van der Waals surface area contributed by atoms with Gasteiger partial charge in [0, 0.05) is 32.5 Å². The van der Waals surface area contributed by atoms with E-state index in [4.69, 9.17) is 4.52 Å². The van der Waals surface area contributed by atoms with Crippen molar-refractivity contribution in [3.63, 3.8) is 0 Å². The van der Waals surface area contributed by atoms with Gasteiger partial charge < -0.3 is 19.3 Å².